The molecule has 20 heteroatoms. The SMILES string of the molecule is C=CCn1c(=O)c2cnc(Nc3ccc4c(c3)[C@@H](C)NCC4(C)C)nc2n1-c1cccc(C(C)(C)O)n1.C=CCn1c(=O)c2cnc(Nc3ccc4c(c3)[C@H](C)NCC4(C)C)nc2n1-c1cccc(C(C)(C)O)n1.Cl.Cl. The fraction of sp³-hybridized carbons (Fsp3) is 0.357. The van der Waals surface area contributed by atoms with Crippen molar-refractivity contribution < 1.29 is 10.2 Å². The van der Waals surface area contributed by atoms with Crippen LogP contribution in [0.1, 0.15) is 115 Å². The number of allylic oxidation sites excluding steroid dienone is 2. The minimum atomic E-state index is -1.14. The lowest BCUT2D eigenvalue weighted by atomic mass is 9.77. The van der Waals surface area contributed by atoms with Crippen LogP contribution in [-0.4, -0.2) is 71.9 Å². The second-order valence-corrected chi connectivity index (χ2v) is 21.5. The third-order valence-electron chi connectivity index (χ3n) is 13.8. The summed E-state index contributed by atoms with van der Waals surface area (Å²) < 4.78 is 6.34. The lowest BCUT2D eigenvalue weighted by Gasteiger charge is -2.37. The Hall–Kier alpha value is -7.06. The fourth-order valence-corrected chi connectivity index (χ4v) is 9.70. The third kappa shape index (κ3) is 11.0. The fourth-order valence-electron chi connectivity index (χ4n) is 9.70. The molecule has 8 heterocycles. The van der Waals surface area contributed by atoms with Gasteiger partial charge in [-0.05, 0) is 112 Å². The van der Waals surface area contributed by atoms with Crippen molar-refractivity contribution >= 4 is 70.2 Å². The number of hydrogen-bond donors (Lipinski definition) is 6. The molecule has 76 heavy (non-hydrogen) atoms. The lowest BCUT2D eigenvalue weighted by Crippen LogP contribution is -2.40. The largest absolute Gasteiger partial charge is 0.384 e. The Morgan fingerprint density at radius 1 is 0.632 bits per heavy atom. The molecular weight excluding hydrogens is 1000 g/mol. The van der Waals surface area contributed by atoms with Crippen molar-refractivity contribution in [3.8, 4) is 11.6 Å². The van der Waals surface area contributed by atoms with E-state index >= 15 is 0 Å². The number of hydrogen-bond acceptors (Lipinski definition) is 14. The number of aliphatic hydroxyl groups is 2. The second-order valence-electron chi connectivity index (χ2n) is 21.5. The molecule has 6 N–H and O–H groups in total. The van der Waals surface area contributed by atoms with Crippen LogP contribution < -0.4 is 32.4 Å². The van der Waals surface area contributed by atoms with Gasteiger partial charge < -0.3 is 31.5 Å². The molecule has 6 aromatic heterocycles. The predicted octanol–water partition coefficient (Wildman–Crippen LogP) is 9.00. The molecule has 400 valence electrons. The third-order valence-corrected chi connectivity index (χ3v) is 13.8. The number of nitrogens with one attached hydrogen (secondary N) is 4. The smallest absolute Gasteiger partial charge is 0.278 e. The van der Waals surface area contributed by atoms with Gasteiger partial charge in [0.2, 0.25) is 11.9 Å². The van der Waals surface area contributed by atoms with Crippen LogP contribution in [0.3, 0.4) is 0 Å². The summed E-state index contributed by atoms with van der Waals surface area (Å²) in [4.78, 5) is 54.1. The summed E-state index contributed by atoms with van der Waals surface area (Å²) in [6.07, 6.45) is 6.36. The molecule has 0 aliphatic carbocycles. The second kappa shape index (κ2) is 21.5. The molecule has 0 radical (unpaired) electrons. The first-order chi connectivity index (χ1) is 35.0. The van der Waals surface area contributed by atoms with Crippen molar-refractivity contribution in [3.05, 3.63) is 165 Å². The average Bonchev–Trinajstić information content (AvgIpc) is 3.79. The monoisotopic (exact) mass is 1070 g/mol. The van der Waals surface area contributed by atoms with Crippen molar-refractivity contribution in [1.29, 1.82) is 0 Å². The minimum Gasteiger partial charge on any atom is -0.384 e. The Morgan fingerprint density at radius 2 is 1.01 bits per heavy atom. The van der Waals surface area contributed by atoms with Crippen LogP contribution in [0.4, 0.5) is 23.3 Å². The van der Waals surface area contributed by atoms with Crippen molar-refractivity contribution in [1.82, 2.24) is 59.3 Å². The Bertz CT molecular complexity index is 3370. The topological polar surface area (TPSA) is 220 Å². The van der Waals surface area contributed by atoms with Gasteiger partial charge in [0.1, 0.15) is 22.0 Å². The molecule has 0 unspecified atom stereocenters. The molecule has 2 aliphatic heterocycles. The zero-order valence-corrected chi connectivity index (χ0v) is 46.3. The highest BCUT2D eigenvalue weighted by Gasteiger charge is 2.32. The van der Waals surface area contributed by atoms with E-state index in [2.05, 4.69) is 120 Å². The van der Waals surface area contributed by atoms with Gasteiger partial charge in [-0.15, -0.1) is 38.0 Å². The first-order valence-corrected chi connectivity index (χ1v) is 24.9. The van der Waals surface area contributed by atoms with E-state index in [4.69, 9.17) is 9.97 Å². The normalized spacial score (nSPS) is 16.5. The molecule has 18 nitrogen and oxygen atoms in total. The molecule has 0 saturated carbocycles. The number of rotatable bonds is 12. The average molecular weight is 1070 g/mol. The summed E-state index contributed by atoms with van der Waals surface area (Å²) in [5.41, 5.74) is 5.99. The molecule has 8 aromatic rings. The Morgan fingerprint density at radius 3 is 1.37 bits per heavy atom. The number of anilines is 4. The first-order valence-electron chi connectivity index (χ1n) is 24.9. The number of pyridine rings is 2. The van der Waals surface area contributed by atoms with Crippen molar-refractivity contribution in [2.75, 3.05) is 23.7 Å². The molecule has 0 spiro atoms. The maximum absolute atomic E-state index is 13.2. The van der Waals surface area contributed by atoms with Crippen LogP contribution in [-0.2, 0) is 35.1 Å². The summed E-state index contributed by atoms with van der Waals surface area (Å²) in [6, 6.07) is 23.8. The van der Waals surface area contributed by atoms with Gasteiger partial charge in [-0.25, -0.2) is 38.7 Å². The van der Waals surface area contributed by atoms with Gasteiger partial charge >= 0.3 is 0 Å². The van der Waals surface area contributed by atoms with E-state index in [-0.39, 0.29) is 71.9 Å². The van der Waals surface area contributed by atoms with Gasteiger partial charge in [0.05, 0.1) is 24.5 Å². The Labute approximate surface area is 454 Å². The van der Waals surface area contributed by atoms with E-state index in [9.17, 15) is 19.8 Å². The first kappa shape index (κ1) is 56.7. The molecule has 0 fully saturated rings. The van der Waals surface area contributed by atoms with Crippen LogP contribution >= 0.6 is 24.8 Å². The van der Waals surface area contributed by atoms with E-state index in [1.807, 2.05) is 12.1 Å². The maximum Gasteiger partial charge on any atom is 0.278 e. The highest BCUT2D eigenvalue weighted by atomic mass is 35.5. The number of fused-ring (bicyclic) bond motifs is 4. The van der Waals surface area contributed by atoms with Gasteiger partial charge in [-0.1, -0.05) is 64.1 Å². The van der Waals surface area contributed by atoms with Gasteiger partial charge in [-0.2, -0.15) is 9.97 Å². The maximum atomic E-state index is 13.2. The van der Waals surface area contributed by atoms with E-state index in [1.54, 1.807) is 85.6 Å². The standard InChI is InChI=1S/2C28H33N7O2.2ClH/c2*1-7-13-34-25(36)20-15-29-26(31-18-11-12-21-19(14-18)17(2)30-16-27(21,3)4)33-24(20)35(34)23-10-8-9-22(32-23)28(5,6)37;;/h2*7-12,14-15,17,30,37H,1,13,16H2,2-6H3,(H,29,31,33);2*1H/t2*17-;;/m10../s1. The van der Waals surface area contributed by atoms with Gasteiger partial charge in [-0.3, -0.25) is 9.59 Å². The molecule has 0 amide bonds. The molecule has 10 rings (SSSR count). The lowest BCUT2D eigenvalue weighted by molar-refractivity contribution is 0.0733. The van der Waals surface area contributed by atoms with Crippen molar-refractivity contribution in [2.45, 2.75) is 116 Å². The summed E-state index contributed by atoms with van der Waals surface area (Å²) in [6.45, 7) is 29.9. The molecule has 2 aliphatic rings. The van der Waals surface area contributed by atoms with Crippen molar-refractivity contribution in [3.63, 3.8) is 0 Å². The zero-order valence-electron chi connectivity index (χ0n) is 44.6. The molecule has 0 saturated heterocycles. The minimum absolute atomic E-state index is 0. The van der Waals surface area contributed by atoms with E-state index in [1.165, 1.54) is 44.0 Å². The molecular formula is C56H68Cl2N14O4. The van der Waals surface area contributed by atoms with E-state index in [0.29, 0.717) is 57.0 Å². The quantitative estimate of drug-likeness (QED) is 0.0630. The van der Waals surface area contributed by atoms with Crippen LogP contribution in [0, 0.1) is 0 Å². The van der Waals surface area contributed by atoms with Gasteiger partial charge in [0.15, 0.2) is 22.9 Å². The van der Waals surface area contributed by atoms with Gasteiger partial charge in [0, 0.05) is 59.8 Å². The van der Waals surface area contributed by atoms with E-state index in [0.717, 1.165) is 24.5 Å². The number of benzene rings is 2. The number of aromatic nitrogens is 10. The highest BCUT2D eigenvalue weighted by molar-refractivity contribution is 5.85. The molecule has 0 bridgehead atoms. The molecule has 2 aromatic carbocycles. The van der Waals surface area contributed by atoms with Gasteiger partial charge in [0.25, 0.3) is 11.1 Å². The van der Waals surface area contributed by atoms with Crippen LogP contribution in [0.25, 0.3) is 33.7 Å². The predicted molar refractivity (Wildman–Crippen MR) is 306 cm³/mol. The van der Waals surface area contributed by atoms with Crippen LogP contribution in [0.2, 0.25) is 0 Å². The summed E-state index contributed by atoms with van der Waals surface area (Å²) in [7, 11) is 0. The van der Waals surface area contributed by atoms with E-state index < -0.39 is 11.2 Å². The molecule has 2 atom stereocenters. The summed E-state index contributed by atoms with van der Waals surface area (Å²) in [5, 5.41) is 35.5. The van der Waals surface area contributed by atoms with Crippen molar-refractivity contribution in [2.24, 2.45) is 0 Å². The number of nitrogens with zero attached hydrogens (tertiary/aromatic N) is 10. The highest BCUT2D eigenvalue weighted by Crippen LogP contribution is 2.38. The summed E-state index contributed by atoms with van der Waals surface area (Å²) in [5.74, 6) is 1.67. The van der Waals surface area contributed by atoms with Crippen LogP contribution in [0.15, 0.2) is 120 Å². The zero-order chi connectivity index (χ0) is 53.1. The summed E-state index contributed by atoms with van der Waals surface area (Å²) >= 11 is 0. The Kier molecular flexibility index (Phi) is 16.0. The van der Waals surface area contributed by atoms with Crippen LogP contribution in [0.5, 0.6) is 0 Å². The number of halogens is 2. The Balaban J connectivity index is 0.000000216.